The topological polar surface area (TPSA) is 39.2 Å². The maximum Gasteiger partial charge on any atom is 0.224 e. The van der Waals surface area contributed by atoms with Gasteiger partial charge < -0.3 is 4.74 Å². The van der Waals surface area contributed by atoms with Crippen LogP contribution in [0.4, 0.5) is 4.39 Å². The number of carbonyl (C=O) groups is 1. The van der Waals surface area contributed by atoms with Gasteiger partial charge in [0, 0.05) is 6.20 Å². The first kappa shape index (κ1) is 11.3. The Balaban J connectivity index is 2.63. The number of benzene rings is 1. The minimum absolute atomic E-state index is 0.238. The molecule has 0 fully saturated rings. The van der Waals surface area contributed by atoms with Crippen LogP contribution in [0.15, 0.2) is 36.5 Å². The van der Waals surface area contributed by atoms with E-state index in [-0.39, 0.29) is 11.7 Å². The van der Waals surface area contributed by atoms with Gasteiger partial charge in [-0.2, -0.15) is 0 Å². The molecule has 0 spiro atoms. The summed E-state index contributed by atoms with van der Waals surface area (Å²) in [6.07, 6.45) is 2.18. The number of ether oxygens (including phenoxy) is 1. The van der Waals surface area contributed by atoms with E-state index in [0.717, 1.165) is 0 Å². The Hall–Kier alpha value is -2.23. The van der Waals surface area contributed by atoms with Crippen molar-refractivity contribution in [3.63, 3.8) is 0 Å². The molecule has 0 bridgehead atoms. The molecule has 1 aromatic carbocycles. The monoisotopic (exact) mass is 231 g/mol. The first-order valence-electron chi connectivity index (χ1n) is 5.00. The van der Waals surface area contributed by atoms with E-state index in [1.54, 1.807) is 18.2 Å². The van der Waals surface area contributed by atoms with Gasteiger partial charge in [0.2, 0.25) is 5.88 Å². The number of pyridine rings is 1. The summed E-state index contributed by atoms with van der Waals surface area (Å²) in [5, 5.41) is 0. The lowest BCUT2D eigenvalue weighted by Gasteiger charge is -2.08. The average Bonchev–Trinajstić information content (AvgIpc) is 2.37. The van der Waals surface area contributed by atoms with E-state index in [1.807, 2.05) is 0 Å². The fourth-order valence-corrected chi connectivity index (χ4v) is 1.64. The number of carbonyl (C=O) groups excluding carboxylic acids is 1. The Kier molecular flexibility index (Phi) is 3.14. The van der Waals surface area contributed by atoms with E-state index < -0.39 is 0 Å². The number of aldehydes is 1. The van der Waals surface area contributed by atoms with Gasteiger partial charge in [0.15, 0.2) is 6.29 Å². The second-order valence-electron chi connectivity index (χ2n) is 3.41. The van der Waals surface area contributed by atoms with Crippen LogP contribution in [0.25, 0.3) is 11.1 Å². The van der Waals surface area contributed by atoms with Crippen molar-refractivity contribution in [2.75, 3.05) is 7.11 Å². The van der Waals surface area contributed by atoms with Crippen LogP contribution in [0, 0.1) is 5.82 Å². The SMILES string of the molecule is COc1nccc(-c2cccc(F)c2)c1C=O. The summed E-state index contributed by atoms with van der Waals surface area (Å²) >= 11 is 0. The van der Waals surface area contributed by atoms with Crippen molar-refractivity contribution >= 4 is 6.29 Å². The summed E-state index contributed by atoms with van der Waals surface area (Å²) in [6, 6.07) is 7.68. The maximum atomic E-state index is 13.1. The first-order chi connectivity index (χ1) is 8.26. The molecule has 1 heterocycles. The number of methoxy groups -OCH3 is 1. The van der Waals surface area contributed by atoms with Gasteiger partial charge in [-0.15, -0.1) is 0 Å². The minimum atomic E-state index is -0.352. The van der Waals surface area contributed by atoms with Gasteiger partial charge in [0.25, 0.3) is 0 Å². The van der Waals surface area contributed by atoms with Gasteiger partial charge in [-0.05, 0) is 29.3 Å². The number of nitrogens with zero attached hydrogens (tertiary/aromatic N) is 1. The molecule has 1 aromatic heterocycles. The molecule has 0 aliphatic heterocycles. The predicted molar refractivity (Wildman–Crippen MR) is 61.6 cm³/mol. The molecule has 0 saturated carbocycles. The lowest BCUT2D eigenvalue weighted by molar-refractivity contribution is 0.112. The second kappa shape index (κ2) is 4.74. The molecule has 0 atom stereocenters. The lowest BCUT2D eigenvalue weighted by atomic mass is 10.0. The lowest BCUT2D eigenvalue weighted by Crippen LogP contribution is -1.96. The average molecular weight is 231 g/mol. The molecule has 4 heteroatoms. The zero-order chi connectivity index (χ0) is 12.3. The van der Waals surface area contributed by atoms with E-state index >= 15 is 0 Å². The Morgan fingerprint density at radius 1 is 1.35 bits per heavy atom. The van der Waals surface area contributed by atoms with Crippen LogP contribution in [-0.4, -0.2) is 18.4 Å². The van der Waals surface area contributed by atoms with Gasteiger partial charge in [0.1, 0.15) is 5.82 Å². The van der Waals surface area contributed by atoms with Crippen LogP contribution in [0.5, 0.6) is 5.88 Å². The number of halogens is 1. The standard InChI is InChI=1S/C13H10FNO2/c1-17-13-12(8-16)11(5-6-15-13)9-3-2-4-10(14)7-9/h2-8H,1H3. The molecule has 17 heavy (non-hydrogen) atoms. The third-order valence-electron chi connectivity index (χ3n) is 2.40. The molecular formula is C13H10FNO2. The first-order valence-corrected chi connectivity index (χ1v) is 5.00. The van der Waals surface area contributed by atoms with Crippen LogP contribution in [0.1, 0.15) is 10.4 Å². The van der Waals surface area contributed by atoms with Crippen LogP contribution in [0.2, 0.25) is 0 Å². The number of hydrogen-bond acceptors (Lipinski definition) is 3. The third-order valence-corrected chi connectivity index (χ3v) is 2.40. The zero-order valence-corrected chi connectivity index (χ0v) is 9.18. The molecule has 2 aromatic rings. The minimum Gasteiger partial charge on any atom is -0.480 e. The van der Waals surface area contributed by atoms with E-state index in [4.69, 9.17) is 4.74 Å². The van der Waals surface area contributed by atoms with Crippen LogP contribution >= 0.6 is 0 Å². The van der Waals surface area contributed by atoms with Crippen molar-refractivity contribution in [1.29, 1.82) is 0 Å². The molecule has 2 rings (SSSR count). The van der Waals surface area contributed by atoms with Crippen molar-refractivity contribution in [1.82, 2.24) is 4.98 Å². The Bertz CT molecular complexity index is 555. The van der Waals surface area contributed by atoms with Gasteiger partial charge in [-0.3, -0.25) is 4.79 Å². The molecule has 0 unspecified atom stereocenters. The summed E-state index contributed by atoms with van der Waals surface area (Å²) in [7, 11) is 1.44. The van der Waals surface area contributed by atoms with E-state index in [9.17, 15) is 9.18 Å². The van der Waals surface area contributed by atoms with Gasteiger partial charge in [-0.25, -0.2) is 9.37 Å². The zero-order valence-electron chi connectivity index (χ0n) is 9.18. The Labute approximate surface area is 97.9 Å². The van der Waals surface area contributed by atoms with E-state index in [1.165, 1.54) is 25.4 Å². The predicted octanol–water partition coefficient (Wildman–Crippen LogP) is 2.71. The molecule has 0 aliphatic carbocycles. The number of rotatable bonds is 3. The van der Waals surface area contributed by atoms with Crippen molar-refractivity contribution in [2.24, 2.45) is 0 Å². The molecule has 0 aliphatic rings. The van der Waals surface area contributed by atoms with Gasteiger partial charge in [-0.1, -0.05) is 12.1 Å². The van der Waals surface area contributed by atoms with Crippen molar-refractivity contribution in [3.8, 4) is 17.0 Å². The van der Waals surface area contributed by atoms with Crippen LogP contribution in [-0.2, 0) is 0 Å². The largest absolute Gasteiger partial charge is 0.480 e. The van der Waals surface area contributed by atoms with Crippen LogP contribution in [0.3, 0.4) is 0 Å². The molecular weight excluding hydrogens is 221 g/mol. The molecule has 0 N–H and O–H groups in total. The summed E-state index contributed by atoms with van der Waals surface area (Å²) in [4.78, 5) is 15.0. The molecule has 3 nitrogen and oxygen atoms in total. The maximum absolute atomic E-state index is 13.1. The van der Waals surface area contributed by atoms with Gasteiger partial charge >= 0.3 is 0 Å². The van der Waals surface area contributed by atoms with Crippen molar-refractivity contribution in [2.45, 2.75) is 0 Å². The fraction of sp³-hybridized carbons (Fsp3) is 0.0769. The van der Waals surface area contributed by atoms with Gasteiger partial charge in [0.05, 0.1) is 12.7 Å². The number of aromatic nitrogens is 1. The summed E-state index contributed by atoms with van der Waals surface area (Å²) in [5.74, 6) is -0.114. The third kappa shape index (κ3) is 2.15. The highest BCUT2D eigenvalue weighted by Gasteiger charge is 2.11. The normalized spacial score (nSPS) is 10.0. The van der Waals surface area contributed by atoms with E-state index in [0.29, 0.717) is 23.0 Å². The summed E-state index contributed by atoms with van der Waals surface area (Å²) in [5.41, 5.74) is 1.54. The van der Waals surface area contributed by atoms with Crippen LogP contribution < -0.4 is 4.74 Å². The Morgan fingerprint density at radius 3 is 2.82 bits per heavy atom. The summed E-state index contributed by atoms with van der Waals surface area (Å²) < 4.78 is 18.1. The summed E-state index contributed by atoms with van der Waals surface area (Å²) in [6.45, 7) is 0. The quantitative estimate of drug-likeness (QED) is 0.762. The highest BCUT2D eigenvalue weighted by molar-refractivity contribution is 5.90. The molecule has 86 valence electrons. The smallest absolute Gasteiger partial charge is 0.224 e. The highest BCUT2D eigenvalue weighted by atomic mass is 19.1. The van der Waals surface area contributed by atoms with E-state index in [2.05, 4.69) is 4.98 Å². The fourth-order valence-electron chi connectivity index (χ4n) is 1.64. The van der Waals surface area contributed by atoms with Crippen molar-refractivity contribution in [3.05, 3.63) is 47.9 Å². The molecule has 0 radical (unpaired) electrons. The molecule has 0 amide bonds. The highest BCUT2D eigenvalue weighted by Crippen LogP contribution is 2.27. The van der Waals surface area contributed by atoms with Crippen molar-refractivity contribution < 1.29 is 13.9 Å². The second-order valence-corrected chi connectivity index (χ2v) is 3.41. The Morgan fingerprint density at radius 2 is 2.18 bits per heavy atom. The number of hydrogen-bond donors (Lipinski definition) is 0. The molecule has 0 saturated heterocycles.